The Morgan fingerprint density at radius 2 is 1.83 bits per heavy atom. The molecular weight excluding hydrogens is 386 g/mol. The van der Waals surface area contributed by atoms with Gasteiger partial charge in [-0.15, -0.1) is 0 Å². The summed E-state index contributed by atoms with van der Waals surface area (Å²) in [4.78, 5) is 25.8. The first-order valence-corrected chi connectivity index (χ1v) is 8.92. The highest BCUT2D eigenvalue weighted by Crippen LogP contribution is 2.40. The molecule has 0 radical (unpaired) electrons. The molecule has 3 rings (SSSR count). The van der Waals surface area contributed by atoms with E-state index in [9.17, 15) is 14.7 Å². The molecule has 0 aromatic heterocycles. The summed E-state index contributed by atoms with van der Waals surface area (Å²) in [6, 6.07) is 13.2. The van der Waals surface area contributed by atoms with Gasteiger partial charge in [-0.3, -0.25) is 9.69 Å². The lowest BCUT2D eigenvalue weighted by atomic mass is 10.0. The van der Waals surface area contributed by atoms with Crippen molar-refractivity contribution in [1.29, 1.82) is 10.5 Å². The van der Waals surface area contributed by atoms with E-state index in [0.29, 0.717) is 16.7 Å². The van der Waals surface area contributed by atoms with Crippen molar-refractivity contribution in [3.8, 4) is 23.6 Å². The van der Waals surface area contributed by atoms with Crippen LogP contribution >= 0.6 is 0 Å². The topological polar surface area (TPSA) is 124 Å². The molecule has 0 amide bonds. The second-order valence-electron chi connectivity index (χ2n) is 6.45. The molecule has 0 atom stereocenters. The van der Waals surface area contributed by atoms with Crippen LogP contribution < -0.4 is 4.74 Å². The van der Waals surface area contributed by atoms with Crippen molar-refractivity contribution in [1.82, 2.24) is 4.90 Å². The van der Waals surface area contributed by atoms with Gasteiger partial charge in [-0.2, -0.15) is 10.5 Å². The maximum Gasteiger partial charge on any atom is 0.337 e. The van der Waals surface area contributed by atoms with Crippen LogP contribution in [0, 0.1) is 22.7 Å². The normalized spacial score (nSPS) is 13.5. The van der Waals surface area contributed by atoms with Crippen LogP contribution in [-0.4, -0.2) is 42.0 Å². The van der Waals surface area contributed by atoms with Crippen molar-refractivity contribution >= 4 is 17.8 Å². The Bertz CT molecular complexity index is 1090. The van der Waals surface area contributed by atoms with E-state index in [2.05, 4.69) is 4.74 Å². The zero-order valence-electron chi connectivity index (χ0n) is 16.1. The van der Waals surface area contributed by atoms with Crippen LogP contribution in [0.3, 0.4) is 0 Å². The van der Waals surface area contributed by atoms with E-state index in [1.54, 1.807) is 24.3 Å². The fraction of sp³-hybridized carbons (Fsp3) is 0.182. The maximum atomic E-state index is 12.8. The van der Waals surface area contributed by atoms with Gasteiger partial charge >= 0.3 is 5.97 Å². The highest BCUT2D eigenvalue weighted by atomic mass is 16.5. The summed E-state index contributed by atoms with van der Waals surface area (Å²) in [6.07, 6.45) is 1.53. The standard InChI is InChI=1S/C22H17N3O5/c1-29-22(28)15-4-2-14(3-5-15)12-19-20(27)16-6-7-18(26)17(21(16)30-19)13-25(10-8-23)11-9-24/h2-7,12,26H,10-11,13H2,1H3/b19-12+. The van der Waals surface area contributed by atoms with Crippen molar-refractivity contribution in [2.45, 2.75) is 6.54 Å². The van der Waals surface area contributed by atoms with Gasteiger partial charge in [0.1, 0.15) is 11.5 Å². The van der Waals surface area contributed by atoms with E-state index in [1.807, 2.05) is 12.1 Å². The summed E-state index contributed by atoms with van der Waals surface area (Å²) >= 11 is 0. The first kappa shape index (κ1) is 20.6. The van der Waals surface area contributed by atoms with Crippen molar-refractivity contribution < 1.29 is 24.2 Å². The number of Topliss-reactive ketones (excluding diaryl/α,β-unsaturated/α-hetero) is 1. The second kappa shape index (κ2) is 8.91. The van der Waals surface area contributed by atoms with Crippen molar-refractivity contribution in [3.05, 3.63) is 64.4 Å². The van der Waals surface area contributed by atoms with E-state index in [1.165, 1.54) is 30.2 Å². The minimum Gasteiger partial charge on any atom is -0.507 e. The number of rotatable bonds is 6. The van der Waals surface area contributed by atoms with E-state index < -0.39 is 5.97 Å². The minimum atomic E-state index is -0.464. The average molecular weight is 403 g/mol. The largest absolute Gasteiger partial charge is 0.507 e. The number of ether oxygens (including phenoxy) is 2. The third-order valence-electron chi connectivity index (χ3n) is 4.52. The predicted molar refractivity (Wildman–Crippen MR) is 105 cm³/mol. The molecule has 1 aliphatic rings. The highest BCUT2D eigenvalue weighted by Gasteiger charge is 2.31. The third-order valence-corrected chi connectivity index (χ3v) is 4.52. The number of hydrogen-bond acceptors (Lipinski definition) is 8. The van der Waals surface area contributed by atoms with Gasteiger partial charge in [0.05, 0.1) is 49.0 Å². The molecule has 2 aromatic carbocycles. The van der Waals surface area contributed by atoms with Crippen LogP contribution in [0.25, 0.3) is 6.08 Å². The SMILES string of the molecule is COC(=O)c1ccc(/C=C2/Oc3c(ccc(O)c3CN(CC#N)CC#N)C2=O)cc1. The molecule has 0 spiro atoms. The van der Waals surface area contributed by atoms with Crippen LogP contribution in [0.4, 0.5) is 0 Å². The number of fused-ring (bicyclic) bond motifs is 1. The van der Waals surface area contributed by atoms with E-state index in [4.69, 9.17) is 15.3 Å². The molecule has 1 heterocycles. The van der Waals surface area contributed by atoms with E-state index in [-0.39, 0.29) is 48.2 Å². The molecule has 0 fully saturated rings. The lowest BCUT2D eigenvalue weighted by Gasteiger charge is -2.17. The first-order valence-electron chi connectivity index (χ1n) is 8.92. The van der Waals surface area contributed by atoms with Gasteiger partial charge in [-0.1, -0.05) is 12.1 Å². The van der Waals surface area contributed by atoms with Crippen LogP contribution in [0.2, 0.25) is 0 Å². The smallest absolute Gasteiger partial charge is 0.337 e. The number of esters is 1. The Labute approximate surface area is 172 Å². The number of ketones is 1. The van der Waals surface area contributed by atoms with Gasteiger partial charge in [0.15, 0.2) is 5.76 Å². The number of nitrogens with zero attached hydrogens (tertiary/aromatic N) is 3. The molecule has 0 saturated carbocycles. The van der Waals surface area contributed by atoms with Crippen LogP contribution in [0.1, 0.15) is 31.8 Å². The number of aromatic hydroxyl groups is 1. The average Bonchev–Trinajstić information content (AvgIpc) is 3.06. The zero-order chi connectivity index (χ0) is 21.7. The Kier molecular flexibility index (Phi) is 6.11. The molecule has 1 N–H and O–H groups in total. The number of carbonyl (C=O) groups excluding carboxylic acids is 2. The van der Waals surface area contributed by atoms with Crippen LogP contribution in [-0.2, 0) is 11.3 Å². The van der Waals surface area contributed by atoms with Gasteiger partial charge in [0, 0.05) is 6.54 Å². The van der Waals surface area contributed by atoms with Gasteiger partial charge in [-0.25, -0.2) is 4.79 Å². The maximum absolute atomic E-state index is 12.8. The monoisotopic (exact) mass is 403 g/mol. The number of methoxy groups -OCH3 is 1. The second-order valence-corrected chi connectivity index (χ2v) is 6.45. The molecule has 0 unspecified atom stereocenters. The molecular formula is C22H17N3O5. The number of carbonyl (C=O) groups is 2. The Morgan fingerprint density at radius 3 is 2.43 bits per heavy atom. The number of benzene rings is 2. The molecule has 8 nitrogen and oxygen atoms in total. The zero-order valence-corrected chi connectivity index (χ0v) is 16.1. The van der Waals surface area contributed by atoms with Gasteiger partial charge < -0.3 is 14.6 Å². The van der Waals surface area contributed by atoms with Gasteiger partial charge in [0.2, 0.25) is 5.78 Å². The van der Waals surface area contributed by atoms with Gasteiger partial charge in [0.25, 0.3) is 0 Å². The van der Waals surface area contributed by atoms with Crippen molar-refractivity contribution in [2.24, 2.45) is 0 Å². The molecule has 30 heavy (non-hydrogen) atoms. The lowest BCUT2D eigenvalue weighted by Crippen LogP contribution is -2.24. The minimum absolute atomic E-state index is 0.0140. The van der Waals surface area contributed by atoms with Gasteiger partial charge in [-0.05, 0) is 35.9 Å². The van der Waals surface area contributed by atoms with Crippen LogP contribution in [0.5, 0.6) is 11.5 Å². The van der Waals surface area contributed by atoms with E-state index in [0.717, 1.165) is 0 Å². The summed E-state index contributed by atoms with van der Waals surface area (Å²) in [6.45, 7) is 0.0459. The highest BCUT2D eigenvalue weighted by molar-refractivity contribution is 6.15. The van der Waals surface area contributed by atoms with Crippen LogP contribution in [0.15, 0.2) is 42.2 Å². The molecule has 0 aliphatic carbocycles. The quantitative estimate of drug-likeness (QED) is 0.443. The number of phenols is 1. The summed E-state index contributed by atoms with van der Waals surface area (Å²) in [5, 5.41) is 28.2. The Hall–Kier alpha value is -4.14. The molecule has 150 valence electrons. The summed E-state index contributed by atoms with van der Waals surface area (Å²) in [5.41, 5.74) is 1.63. The summed E-state index contributed by atoms with van der Waals surface area (Å²) in [7, 11) is 1.29. The number of hydrogen-bond donors (Lipinski definition) is 1. The molecule has 0 bridgehead atoms. The fourth-order valence-corrected chi connectivity index (χ4v) is 3.03. The third kappa shape index (κ3) is 4.14. The first-order chi connectivity index (χ1) is 14.5. The predicted octanol–water partition coefficient (Wildman–Crippen LogP) is 2.64. The number of phenolic OH excluding ortho intramolecular Hbond substituents is 1. The Morgan fingerprint density at radius 1 is 1.17 bits per heavy atom. The summed E-state index contributed by atoms with van der Waals surface area (Å²) in [5.74, 6) is -0.635. The number of nitriles is 2. The lowest BCUT2D eigenvalue weighted by molar-refractivity contribution is 0.0600. The fourth-order valence-electron chi connectivity index (χ4n) is 3.03. The molecule has 0 saturated heterocycles. The van der Waals surface area contributed by atoms with Crippen molar-refractivity contribution in [2.75, 3.05) is 20.2 Å². The van der Waals surface area contributed by atoms with Crippen molar-refractivity contribution in [3.63, 3.8) is 0 Å². The number of allylic oxidation sites excluding steroid dienone is 1. The summed E-state index contributed by atoms with van der Waals surface area (Å²) < 4.78 is 10.4. The molecule has 1 aliphatic heterocycles. The molecule has 8 heteroatoms. The van der Waals surface area contributed by atoms with E-state index >= 15 is 0 Å². The molecule has 2 aromatic rings. The Balaban J connectivity index is 1.91.